The zero-order valence-electron chi connectivity index (χ0n) is 14.2. The van der Waals surface area contributed by atoms with E-state index in [9.17, 15) is 9.59 Å². The number of aliphatic hydroxyl groups is 2. The molecule has 0 aliphatic heterocycles. The van der Waals surface area contributed by atoms with Crippen LogP contribution >= 0.6 is 0 Å². The SMILES string of the molecule is CC(COC(=O)O)OC(=O)O.COC.OCCOCCOCCO. The molecule has 0 aliphatic rings. The van der Waals surface area contributed by atoms with Crippen molar-refractivity contribution in [2.24, 2.45) is 0 Å². The minimum atomic E-state index is -1.45. The van der Waals surface area contributed by atoms with Crippen LogP contribution in [0.15, 0.2) is 0 Å². The van der Waals surface area contributed by atoms with Crippen LogP contribution in [0.2, 0.25) is 0 Å². The Morgan fingerprint density at radius 3 is 1.58 bits per heavy atom. The number of hydrogen-bond acceptors (Lipinski definition) is 9. The summed E-state index contributed by atoms with van der Waals surface area (Å²) in [5.74, 6) is 0. The smallest absolute Gasteiger partial charge is 0.450 e. The van der Waals surface area contributed by atoms with Crippen molar-refractivity contribution in [1.29, 1.82) is 0 Å². The van der Waals surface area contributed by atoms with Gasteiger partial charge in [0.15, 0.2) is 0 Å². The molecule has 0 aromatic heterocycles. The maximum atomic E-state index is 9.83. The van der Waals surface area contributed by atoms with Gasteiger partial charge in [0.2, 0.25) is 0 Å². The second-order valence-electron chi connectivity index (χ2n) is 3.85. The summed E-state index contributed by atoms with van der Waals surface area (Å²) in [7, 11) is 3.25. The van der Waals surface area contributed by atoms with Gasteiger partial charge < -0.3 is 44.1 Å². The van der Waals surface area contributed by atoms with Gasteiger partial charge in [-0.1, -0.05) is 0 Å². The summed E-state index contributed by atoms with van der Waals surface area (Å²) in [5.41, 5.74) is 0. The fourth-order valence-electron chi connectivity index (χ4n) is 0.846. The molecular formula is C13H28O11. The zero-order valence-corrected chi connectivity index (χ0v) is 14.2. The Hall–Kier alpha value is -1.66. The van der Waals surface area contributed by atoms with Gasteiger partial charge in [-0.25, -0.2) is 9.59 Å². The first-order chi connectivity index (χ1) is 11.3. The molecule has 0 aromatic carbocycles. The molecule has 0 aromatic rings. The molecule has 0 amide bonds. The van der Waals surface area contributed by atoms with Gasteiger partial charge in [0.25, 0.3) is 0 Å². The lowest BCUT2D eigenvalue weighted by Gasteiger charge is -2.08. The van der Waals surface area contributed by atoms with Gasteiger partial charge in [0, 0.05) is 14.2 Å². The van der Waals surface area contributed by atoms with E-state index in [4.69, 9.17) is 29.9 Å². The standard InChI is InChI=1S/C6H14O4.C5H8O6.C2H6O/c7-1-3-9-5-6-10-4-2-8;1-3(11-5(8)9)2-10-4(6)7;1-3-2/h7-8H,1-6H2;3H,2H2,1H3,(H,6,7)(H,8,9);1-2H3. The molecule has 1 unspecified atom stereocenters. The molecule has 24 heavy (non-hydrogen) atoms. The van der Waals surface area contributed by atoms with Gasteiger partial charge in [0.1, 0.15) is 12.7 Å². The van der Waals surface area contributed by atoms with Crippen molar-refractivity contribution in [2.75, 3.05) is 60.5 Å². The van der Waals surface area contributed by atoms with Crippen LogP contribution in [0.3, 0.4) is 0 Å². The van der Waals surface area contributed by atoms with E-state index < -0.39 is 18.4 Å². The Balaban J connectivity index is -0.000000317. The molecule has 0 saturated heterocycles. The lowest BCUT2D eigenvalue weighted by molar-refractivity contribution is 0.0122. The number of aliphatic hydroxyl groups excluding tert-OH is 2. The summed E-state index contributed by atoms with van der Waals surface area (Å²) in [5, 5.41) is 32.5. The van der Waals surface area contributed by atoms with Crippen LogP contribution in [0.1, 0.15) is 6.92 Å². The van der Waals surface area contributed by atoms with Crippen molar-refractivity contribution in [3.8, 4) is 0 Å². The van der Waals surface area contributed by atoms with Crippen molar-refractivity contribution in [2.45, 2.75) is 13.0 Å². The van der Waals surface area contributed by atoms with Gasteiger partial charge >= 0.3 is 12.3 Å². The highest BCUT2D eigenvalue weighted by Gasteiger charge is 2.09. The fourth-order valence-corrected chi connectivity index (χ4v) is 0.846. The number of ether oxygens (including phenoxy) is 5. The number of carboxylic acid groups (broad SMARTS) is 2. The molecule has 1 atom stereocenters. The molecule has 0 radical (unpaired) electrons. The van der Waals surface area contributed by atoms with Gasteiger partial charge in [-0.05, 0) is 6.92 Å². The molecule has 0 rings (SSSR count). The molecule has 0 heterocycles. The van der Waals surface area contributed by atoms with Crippen LogP contribution in [0.4, 0.5) is 9.59 Å². The second kappa shape index (κ2) is 23.6. The third-order valence-corrected chi connectivity index (χ3v) is 1.59. The third-order valence-electron chi connectivity index (χ3n) is 1.59. The molecule has 11 nitrogen and oxygen atoms in total. The minimum absolute atomic E-state index is 0.0417. The van der Waals surface area contributed by atoms with E-state index in [0.717, 1.165) is 0 Å². The van der Waals surface area contributed by atoms with E-state index in [0.29, 0.717) is 26.4 Å². The maximum absolute atomic E-state index is 9.83. The average Bonchev–Trinajstić information content (AvgIpc) is 2.50. The van der Waals surface area contributed by atoms with E-state index in [1.165, 1.54) is 6.92 Å². The topological polar surface area (TPSA) is 161 Å². The van der Waals surface area contributed by atoms with Crippen LogP contribution in [0.5, 0.6) is 0 Å². The van der Waals surface area contributed by atoms with E-state index in [1.807, 2.05) is 0 Å². The van der Waals surface area contributed by atoms with E-state index >= 15 is 0 Å². The van der Waals surface area contributed by atoms with Gasteiger partial charge in [-0.2, -0.15) is 0 Å². The summed E-state index contributed by atoms with van der Waals surface area (Å²) < 4.78 is 22.2. The highest BCUT2D eigenvalue weighted by atomic mass is 16.7. The Labute approximate surface area is 140 Å². The Morgan fingerprint density at radius 2 is 1.29 bits per heavy atom. The normalized spacial score (nSPS) is 10.4. The van der Waals surface area contributed by atoms with Crippen molar-refractivity contribution in [3.63, 3.8) is 0 Å². The molecular weight excluding hydrogens is 332 g/mol. The van der Waals surface area contributed by atoms with Crippen LogP contribution in [-0.4, -0.2) is 99.3 Å². The Morgan fingerprint density at radius 1 is 0.875 bits per heavy atom. The van der Waals surface area contributed by atoms with Crippen LogP contribution in [0.25, 0.3) is 0 Å². The summed E-state index contributed by atoms with van der Waals surface area (Å²) in [6.07, 6.45) is -3.68. The van der Waals surface area contributed by atoms with Gasteiger partial charge in [-0.15, -0.1) is 0 Å². The predicted octanol–water partition coefficient (Wildman–Crippen LogP) is 0.0309. The lowest BCUT2D eigenvalue weighted by Crippen LogP contribution is -2.20. The van der Waals surface area contributed by atoms with E-state index in [-0.39, 0.29) is 19.8 Å². The quantitative estimate of drug-likeness (QED) is 0.307. The maximum Gasteiger partial charge on any atom is 0.506 e. The fraction of sp³-hybridized carbons (Fsp3) is 0.846. The number of methoxy groups -OCH3 is 1. The lowest BCUT2D eigenvalue weighted by atomic mass is 10.4. The second-order valence-corrected chi connectivity index (χ2v) is 3.85. The van der Waals surface area contributed by atoms with Crippen LogP contribution < -0.4 is 0 Å². The third kappa shape index (κ3) is 37.0. The van der Waals surface area contributed by atoms with E-state index in [2.05, 4.69) is 14.2 Å². The van der Waals surface area contributed by atoms with Crippen molar-refractivity contribution >= 4 is 12.3 Å². The molecule has 0 spiro atoms. The minimum Gasteiger partial charge on any atom is -0.450 e. The van der Waals surface area contributed by atoms with Crippen molar-refractivity contribution < 1.29 is 53.7 Å². The monoisotopic (exact) mass is 360 g/mol. The van der Waals surface area contributed by atoms with E-state index in [1.54, 1.807) is 14.2 Å². The largest absolute Gasteiger partial charge is 0.506 e. The number of rotatable bonds is 10. The first-order valence-electron chi connectivity index (χ1n) is 6.88. The number of carbonyl (C=O) groups is 2. The van der Waals surface area contributed by atoms with Crippen molar-refractivity contribution in [3.05, 3.63) is 0 Å². The molecule has 146 valence electrons. The van der Waals surface area contributed by atoms with Crippen molar-refractivity contribution in [1.82, 2.24) is 0 Å². The Kier molecular flexibility index (Phi) is 26.8. The molecule has 11 heteroatoms. The molecule has 0 saturated carbocycles. The number of hydrogen-bond donors (Lipinski definition) is 4. The first kappa shape index (κ1) is 27.2. The van der Waals surface area contributed by atoms with Crippen LogP contribution in [-0.2, 0) is 23.7 Å². The Bertz CT molecular complexity index is 265. The average molecular weight is 360 g/mol. The molecule has 0 fully saturated rings. The van der Waals surface area contributed by atoms with Gasteiger partial charge in [0.05, 0.1) is 39.6 Å². The molecule has 4 N–H and O–H groups in total. The highest BCUT2D eigenvalue weighted by Crippen LogP contribution is 1.92. The summed E-state index contributed by atoms with van der Waals surface area (Å²) in [4.78, 5) is 19.6. The molecule has 0 bridgehead atoms. The first-order valence-corrected chi connectivity index (χ1v) is 6.88. The summed E-state index contributed by atoms with van der Waals surface area (Å²) >= 11 is 0. The summed E-state index contributed by atoms with van der Waals surface area (Å²) in [6.45, 7) is 2.82. The zero-order chi connectivity index (χ0) is 19.2. The summed E-state index contributed by atoms with van der Waals surface area (Å²) in [6, 6.07) is 0. The van der Waals surface area contributed by atoms with Gasteiger partial charge in [-0.3, -0.25) is 0 Å². The highest BCUT2D eigenvalue weighted by molar-refractivity contribution is 5.58. The van der Waals surface area contributed by atoms with Crippen LogP contribution in [0, 0.1) is 0 Å². The predicted molar refractivity (Wildman–Crippen MR) is 81.3 cm³/mol. The molecule has 0 aliphatic carbocycles.